The second kappa shape index (κ2) is 5.69. The van der Waals surface area contributed by atoms with Crippen molar-refractivity contribution in [3.63, 3.8) is 0 Å². The van der Waals surface area contributed by atoms with Crippen molar-refractivity contribution in [3.8, 4) is 0 Å². The summed E-state index contributed by atoms with van der Waals surface area (Å²) in [7, 11) is 0. The number of aromatic nitrogens is 2. The monoisotopic (exact) mass is 280 g/mol. The van der Waals surface area contributed by atoms with Crippen molar-refractivity contribution in [2.45, 2.75) is 45.1 Å². The Hall–Kier alpha value is -1.43. The zero-order valence-electron chi connectivity index (χ0n) is 11.3. The van der Waals surface area contributed by atoms with Crippen LogP contribution in [0.4, 0.5) is 5.82 Å². The molecule has 0 atom stereocenters. The number of thiocarbonyl (C=S) groups is 1. The highest BCUT2D eigenvalue weighted by Crippen LogP contribution is 2.37. The van der Waals surface area contributed by atoms with Gasteiger partial charge in [-0.1, -0.05) is 12.2 Å². The van der Waals surface area contributed by atoms with Gasteiger partial charge in [0.2, 0.25) is 0 Å². The lowest BCUT2D eigenvalue weighted by Crippen LogP contribution is -2.35. The summed E-state index contributed by atoms with van der Waals surface area (Å²) in [5.41, 5.74) is 5.46. The SMILES string of the molecule is CC(C)N(CCC(N)=S)c1cc(=O)[nH]c(C2CC2)n1. The van der Waals surface area contributed by atoms with Gasteiger partial charge in [0, 0.05) is 31.0 Å². The lowest BCUT2D eigenvalue weighted by Gasteiger charge is -2.27. The number of aromatic amines is 1. The van der Waals surface area contributed by atoms with Crippen LogP contribution in [0.1, 0.15) is 44.9 Å². The molecule has 1 aromatic heterocycles. The Balaban J connectivity index is 2.24. The third-order valence-corrected chi connectivity index (χ3v) is 3.43. The fourth-order valence-electron chi connectivity index (χ4n) is 2.03. The first-order chi connectivity index (χ1) is 8.97. The van der Waals surface area contributed by atoms with Gasteiger partial charge in [-0.05, 0) is 26.7 Å². The summed E-state index contributed by atoms with van der Waals surface area (Å²) in [5, 5.41) is 0. The maximum atomic E-state index is 11.7. The van der Waals surface area contributed by atoms with E-state index in [9.17, 15) is 4.79 Å². The third-order valence-electron chi connectivity index (χ3n) is 3.23. The maximum absolute atomic E-state index is 11.7. The standard InChI is InChI=1S/C13H20N4OS/c1-8(2)17(6-5-10(14)19)11-7-12(18)16-13(15-11)9-3-4-9/h7-9H,3-6H2,1-2H3,(H2,14,19)(H,15,16,18). The quantitative estimate of drug-likeness (QED) is 0.773. The Morgan fingerprint density at radius 2 is 2.32 bits per heavy atom. The van der Waals surface area contributed by atoms with Crippen LogP contribution in [0.2, 0.25) is 0 Å². The van der Waals surface area contributed by atoms with Crippen LogP contribution in [-0.4, -0.2) is 27.5 Å². The van der Waals surface area contributed by atoms with Crippen molar-refractivity contribution in [1.29, 1.82) is 0 Å². The summed E-state index contributed by atoms with van der Waals surface area (Å²) in [5.74, 6) is 1.96. The molecule has 0 unspecified atom stereocenters. The Kier molecular flexibility index (Phi) is 4.19. The summed E-state index contributed by atoms with van der Waals surface area (Å²) >= 11 is 4.92. The van der Waals surface area contributed by atoms with Crippen molar-refractivity contribution in [1.82, 2.24) is 9.97 Å². The molecule has 1 fully saturated rings. The Morgan fingerprint density at radius 1 is 1.63 bits per heavy atom. The number of H-pyrrole nitrogens is 1. The van der Waals surface area contributed by atoms with Gasteiger partial charge in [-0.25, -0.2) is 4.98 Å². The minimum atomic E-state index is -0.0899. The van der Waals surface area contributed by atoms with E-state index in [2.05, 4.69) is 28.7 Å². The van der Waals surface area contributed by atoms with Gasteiger partial charge in [0.25, 0.3) is 5.56 Å². The van der Waals surface area contributed by atoms with Crippen molar-refractivity contribution in [2.24, 2.45) is 5.73 Å². The molecule has 1 saturated carbocycles. The second-order valence-electron chi connectivity index (χ2n) is 5.27. The van der Waals surface area contributed by atoms with E-state index >= 15 is 0 Å². The average molecular weight is 280 g/mol. The average Bonchev–Trinajstić information content (AvgIpc) is 3.11. The van der Waals surface area contributed by atoms with E-state index in [4.69, 9.17) is 18.0 Å². The summed E-state index contributed by atoms with van der Waals surface area (Å²) in [6.45, 7) is 4.83. The smallest absolute Gasteiger partial charge is 0.252 e. The molecule has 2 rings (SSSR count). The van der Waals surface area contributed by atoms with Gasteiger partial charge in [-0.3, -0.25) is 4.79 Å². The second-order valence-corrected chi connectivity index (χ2v) is 5.79. The predicted octanol–water partition coefficient (Wildman–Crippen LogP) is 1.54. The maximum Gasteiger partial charge on any atom is 0.252 e. The first kappa shape index (κ1) is 14.0. The molecule has 0 amide bonds. The Labute approximate surface area is 118 Å². The van der Waals surface area contributed by atoms with E-state index in [-0.39, 0.29) is 11.6 Å². The molecule has 0 saturated heterocycles. The van der Waals surface area contributed by atoms with E-state index in [1.54, 1.807) is 6.07 Å². The van der Waals surface area contributed by atoms with Crippen LogP contribution in [0.25, 0.3) is 0 Å². The molecule has 0 aromatic carbocycles. The van der Waals surface area contributed by atoms with E-state index < -0.39 is 0 Å². The normalized spacial score (nSPS) is 14.7. The molecule has 1 aromatic rings. The van der Waals surface area contributed by atoms with Crippen LogP contribution in [0.5, 0.6) is 0 Å². The van der Waals surface area contributed by atoms with Crippen LogP contribution < -0.4 is 16.2 Å². The highest BCUT2D eigenvalue weighted by atomic mass is 32.1. The topological polar surface area (TPSA) is 75.0 Å². The summed E-state index contributed by atoms with van der Waals surface area (Å²) in [6.07, 6.45) is 2.85. The van der Waals surface area contributed by atoms with E-state index in [1.807, 2.05) is 0 Å². The Morgan fingerprint density at radius 3 is 2.84 bits per heavy atom. The molecule has 1 aliphatic rings. The van der Waals surface area contributed by atoms with Crippen LogP contribution in [0.3, 0.4) is 0 Å². The number of nitrogens with zero attached hydrogens (tertiary/aromatic N) is 2. The van der Waals surface area contributed by atoms with Crippen molar-refractivity contribution in [2.75, 3.05) is 11.4 Å². The third kappa shape index (κ3) is 3.76. The fourth-order valence-corrected chi connectivity index (χ4v) is 2.12. The number of hydrogen-bond donors (Lipinski definition) is 2. The molecule has 5 nitrogen and oxygen atoms in total. The van der Waals surface area contributed by atoms with Crippen molar-refractivity contribution < 1.29 is 0 Å². The van der Waals surface area contributed by atoms with Crippen LogP contribution in [-0.2, 0) is 0 Å². The molecule has 3 N–H and O–H groups in total. The number of nitrogens with one attached hydrogen (secondary N) is 1. The zero-order chi connectivity index (χ0) is 14.0. The van der Waals surface area contributed by atoms with Gasteiger partial charge in [-0.15, -0.1) is 0 Å². The molecule has 0 aliphatic heterocycles. The van der Waals surface area contributed by atoms with E-state index in [0.717, 1.165) is 24.5 Å². The lowest BCUT2D eigenvalue weighted by atomic mass is 10.2. The number of nitrogens with two attached hydrogens (primary N) is 1. The minimum absolute atomic E-state index is 0.0899. The number of anilines is 1. The molecule has 0 radical (unpaired) electrons. The Bertz CT molecular complexity index is 522. The molecule has 6 heteroatoms. The van der Waals surface area contributed by atoms with Gasteiger partial charge in [0.05, 0.1) is 4.99 Å². The highest BCUT2D eigenvalue weighted by molar-refractivity contribution is 7.80. The lowest BCUT2D eigenvalue weighted by molar-refractivity contribution is 0.674. The fraction of sp³-hybridized carbons (Fsp3) is 0.615. The van der Waals surface area contributed by atoms with E-state index in [1.165, 1.54) is 0 Å². The van der Waals surface area contributed by atoms with Gasteiger partial charge in [0.1, 0.15) is 11.6 Å². The van der Waals surface area contributed by atoms with Crippen molar-refractivity contribution in [3.05, 3.63) is 22.2 Å². The van der Waals surface area contributed by atoms with Gasteiger partial charge in [-0.2, -0.15) is 0 Å². The molecular weight excluding hydrogens is 260 g/mol. The van der Waals surface area contributed by atoms with Gasteiger partial charge in [0.15, 0.2) is 0 Å². The molecule has 104 valence electrons. The summed E-state index contributed by atoms with van der Waals surface area (Å²) in [4.78, 5) is 21.7. The zero-order valence-corrected chi connectivity index (χ0v) is 12.2. The molecule has 0 spiro atoms. The van der Waals surface area contributed by atoms with Crippen LogP contribution in [0.15, 0.2) is 10.9 Å². The van der Waals surface area contributed by atoms with Gasteiger partial charge < -0.3 is 15.6 Å². The first-order valence-electron chi connectivity index (χ1n) is 6.63. The van der Waals surface area contributed by atoms with E-state index in [0.29, 0.717) is 23.9 Å². The van der Waals surface area contributed by atoms with Gasteiger partial charge >= 0.3 is 0 Å². The predicted molar refractivity (Wildman–Crippen MR) is 80.7 cm³/mol. The molecule has 1 aliphatic carbocycles. The summed E-state index contributed by atoms with van der Waals surface area (Å²) < 4.78 is 0. The molecular formula is C13H20N4OS. The van der Waals surface area contributed by atoms with Crippen LogP contribution >= 0.6 is 12.2 Å². The summed E-state index contributed by atoms with van der Waals surface area (Å²) in [6, 6.07) is 1.79. The molecule has 1 heterocycles. The molecule has 0 bridgehead atoms. The largest absolute Gasteiger partial charge is 0.393 e. The minimum Gasteiger partial charge on any atom is -0.393 e. The number of rotatable bonds is 6. The molecule has 19 heavy (non-hydrogen) atoms. The highest BCUT2D eigenvalue weighted by Gasteiger charge is 2.27. The van der Waals surface area contributed by atoms with Crippen LogP contribution in [0, 0.1) is 0 Å². The van der Waals surface area contributed by atoms with Crippen molar-refractivity contribution >= 4 is 23.0 Å². The first-order valence-corrected chi connectivity index (χ1v) is 7.04. The number of hydrogen-bond acceptors (Lipinski definition) is 4.